The molecule has 108 valence electrons. The first-order valence-corrected chi connectivity index (χ1v) is 6.57. The van der Waals surface area contributed by atoms with Crippen molar-refractivity contribution < 1.29 is 9.47 Å². The van der Waals surface area contributed by atoms with E-state index in [9.17, 15) is 0 Å². The molecule has 0 aliphatic carbocycles. The minimum atomic E-state index is 0.168. The van der Waals surface area contributed by atoms with Crippen molar-refractivity contribution in [3.8, 4) is 11.5 Å². The molecule has 0 aliphatic heterocycles. The summed E-state index contributed by atoms with van der Waals surface area (Å²) >= 11 is 0. The summed E-state index contributed by atoms with van der Waals surface area (Å²) < 4.78 is 12.6. The second kappa shape index (κ2) is 6.43. The Morgan fingerprint density at radius 1 is 1.30 bits per heavy atom. The number of nitrogens with one attached hydrogen (secondary N) is 1. The zero-order chi connectivity index (χ0) is 14.5. The monoisotopic (exact) mass is 275 g/mol. The lowest BCUT2D eigenvalue weighted by Crippen LogP contribution is -2.21. The lowest BCUT2D eigenvalue weighted by Gasteiger charge is -2.16. The molecule has 1 aromatic carbocycles. The van der Waals surface area contributed by atoms with Gasteiger partial charge in [-0.15, -0.1) is 0 Å². The zero-order valence-corrected chi connectivity index (χ0v) is 12.4. The van der Waals surface area contributed by atoms with Gasteiger partial charge in [0.1, 0.15) is 17.3 Å². The van der Waals surface area contributed by atoms with Crippen molar-refractivity contribution in [3.05, 3.63) is 42.0 Å². The normalized spacial score (nSPS) is 12.2. The number of nitrogens with zero attached hydrogens (tertiary/aromatic N) is 2. The van der Waals surface area contributed by atoms with Crippen molar-refractivity contribution in [2.75, 3.05) is 14.2 Å². The fourth-order valence-corrected chi connectivity index (χ4v) is 2.15. The number of benzene rings is 1. The molecule has 2 rings (SSSR count). The Morgan fingerprint density at radius 2 is 2.10 bits per heavy atom. The topological polar surface area (TPSA) is 48.3 Å². The first-order valence-electron chi connectivity index (χ1n) is 6.57. The van der Waals surface area contributed by atoms with Crippen molar-refractivity contribution in [1.29, 1.82) is 0 Å². The quantitative estimate of drug-likeness (QED) is 0.878. The number of hydrogen-bond acceptors (Lipinski definition) is 4. The first-order chi connectivity index (χ1) is 9.65. The molecule has 0 aliphatic rings. The fraction of sp³-hybridized carbons (Fsp3) is 0.400. The molecular weight excluding hydrogens is 254 g/mol. The average molecular weight is 275 g/mol. The zero-order valence-electron chi connectivity index (χ0n) is 12.4. The lowest BCUT2D eigenvalue weighted by atomic mass is 10.1. The van der Waals surface area contributed by atoms with Gasteiger partial charge in [-0.05, 0) is 13.0 Å². The molecule has 0 spiro atoms. The highest BCUT2D eigenvalue weighted by Crippen LogP contribution is 2.25. The van der Waals surface area contributed by atoms with Gasteiger partial charge in [0.2, 0.25) is 0 Å². The van der Waals surface area contributed by atoms with Crippen LogP contribution < -0.4 is 14.8 Å². The summed E-state index contributed by atoms with van der Waals surface area (Å²) in [6.07, 6.45) is 3.75. The Hall–Kier alpha value is -2.01. The van der Waals surface area contributed by atoms with Gasteiger partial charge >= 0.3 is 0 Å². The first kappa shape index (κ1) is 14.4. The molecule has 5 nitrogen and oxygen atoms in total. The van der Waals surface area contributed by atoms with Crippen LogP contribution in [0.5, 0.6) is 11.5 Å². The standard InChI is InChI=1S/C15H21N3O2/c1-11(15-16-7-8-18(15)2)17-10-12-5-6-13(19-3)9-14(12)20-4/h5-9,11,17H,10H2,1-4H3. The average Bonchev–Trinajstić information content (AvgIpc) is 2.90. The number of methoxy groups -OCH3 is 2. The van der Waals surface area contributed by atoms with Gasteiger partial charge < -0.3 is 19.4 Å². The van der Waals surface area contributed by atoms with E-state index in [-0.39, 0.29) is 6.04 Å². The molecule has 1 aromatic heterocycles. The Balaban J connectivity index is 2.05. The Kier molecular flexibility index (Phi) is 4.63. The van der Waals surface area contributed by atoms with Crippen molar-refractivity contribution in [2.24, 2.45) is 7.05 Å². The Bertz CT molecular complexity index is 566. The van der Waals surface area contributed by atoms with Crippen LogP contribution in [0, 0.1) is 0 Å². The molecule has 0 bridgehead atoms. The summed E-state index contributed by atoms with van der Waals surface area (Å²) in [4.78, 5) is 4.35. The highest BCUT2D eigenvalue weighted by molar-refractivity contribution is 5.40. The third-order valence-corrected chi connectivity index (χ3v) is 3.34. The van der Waals surface area contributed by atoms with Crippen LogP contribution in [0.1, 0.15) is 24.4 Å². The SMILES string of the molecule is COc1ccc(CNC(C)c2nccn2C)c(OC)c1. The number of imidazole rings is 1. The predicted octanol–water partition coefficient (Wildman–Crippen LogP) is 2.29. The predicted molar refractivity (Wildman–Crippen MR) is 78.0 cm³/mol. The molecule has 0 amide bonds. The van der Waals surface area contributed by atoms with E-state index in [4.69, 9.17) is 9.47 Å². The largest absolute Gasteiger partial charge is 0.497 e. The second-order valence-corrected chi connectivity index (χ2v) is 4.68. The summed E-state index contributed by atoms with van der Waals surface area (Å²) in [6, 6.07) is 6.00. The number of ether oxygens (including phenoxy) is 2. The van der Waals surface area contributed by atoms with Crippen LogP contribution in [0.2, 0.25) is 0 Å². The third kappa shape index (κ3) is 3.11. The number of rotatable bonds is 6. The van der Waals surface area contributed by atoms with Gasteiger partial charge in [0, 0.05) is 37.6 Å². The molecule has 20 heavy (non-hydrogen) atoms. The van der Waals surface area contributed by atoms with Crippen molar-refractivity contribution >= 4 is 0 Å². The maximum absolute atomic E-state index is 5.39. The van der Waals surface area contributed by atoms with Crippen LogP contribution in [0.4, 0.5) is 0 Å². The molecule has 2 aromatic rings. The van der Waals surface area contributed by atoms with E-state index in [1.54, 1.807) is 14.2 Å². The lowest BCUT2D eigenvalue weighted by molar-refractivity contribution is 0.388. The maximum Gasteiger partial charge on any atom is 0.127 e. The van der Waals surface area contributed by atoms with E-state index in [2.05, 4.69) is 17.2 Å². The van der Waals surface area contributed by atoms with Gasteiger partial charge in [-0.1, -0.05) is 6.07 Å². The molecule has 1 atom stereocenters. The van der Waals surface area contributed by atoms with Gasteiger partial charge in [-0.25, -0.2) is 4.98 Å². The summed E-state index contributed by atoms with van der Waals surface area (Å²) in [5.74, 6) is 2.63. The van der Waals surface area contributed by atoms with E-state index in [1.807, 2.05) is 42.2 Å². The van der Waals surface area contributed by atoms with Crippen LogP contribution in [0.25, 0.3) is 0 Å². The van der Waals surface area contributed by atoms with Gasteiger partial charge in [0.05, 0.1) is 20.3 Å². The van der Waals surface area contributed by atoms with Gasteiger partial charge in [-0.3, -0.25) is 0 Å². The number of aromatic nitrogens is 2. The van der Waals surface area contributed by atoms with Gasteiger partial charge in [-0.2, -0.15) is 0 Å². The minimum absolute atomic E-state index is 0.168. The van der Waals surface area contributed by atoms with Crippen LogP contribution >= 0.6 is 0 Å². The summed E-state index contributed by atoms with van der Waals surface area (Å²) in [5, 5.41) is 3.45. The third-order valence-electron chi connectivity index (χ3n) is 3.34. The van der Waals surface area contributed by atoms with Crippen molar-refractivity contribution in [2.45, 2.75) is 19.5 Å². The van der Waals surface area contributed by atoms with E-state index < -0.39 is 0 Å². The second-order valence-electron chi connectivity index (χ2n) is 4.68. The highest BCUT2D eigenvalue weighted by Gasteiger charge is 2.11. The molecule has 1 heterocycles. The van der Waals surface area contributed by atoms with Crippen molar-refractivity contribution in [1.82, 2.24) is 14.9 Å². The molecular formula is C15H21N3O2. The Labute approximate surface area is 119 Å². The molecule has 1 N–H and O–H groups in total. The molecule has 0 radical (unpaired) electrons. The highest BCUT2D eigenvalue weighted by atomic mass is 16.5. The van der Waals surface area contributed by atoms with E-state index in [0.29, 0.717) is 6.54 Å². The maximum atomic E-state index is 5.39. The molecule has 1 unspecified atom stereocenters. The van der Waals surface area contributed by atoms with Gasteiger partial charge in [0.25, 0.3) is 0 Å². The van der Waals surface area contributed by atoms with Crippen LogP contribution in [-0.4, -0.2) is 23.8 Å². The van der Waals surface area contributed by atoms with Gasteiger partial charge in [0.15, 0.2) is 0 Å². The summed E-state index contributed by atoms with van der Waals surface area (Å²) in [7, 11) is 5.31. The van der Waals surface area contributed by atoms with E-state index >= 15 is 0 Å². The van der Waals surface area contributed by atoms with Crippen LogP contribution in [-0.2, 0) is 13.6 Å². The van der Waals surface area contributed by atoms with Crippen molar-refractivity contribution in [3.63, 3.8) is 0 Å². The smallest absolute Gasteiger partial charge is 0.127 e. The Morgan fingerprint density at radius 3 is 2.70 bits per heavy atom. The molecule has 0 fully saturated rings. The van der Waals surface area contributed by atoms with Crippen LogP contribution in [0.3, 0.4) is 0 Å². The minimum Gasteiger partial charge on any atom is -0.497 e. The molecule has 5 heteroatoms. The molecule has 0 saturated carbocycles. The fourth-order valence-electron chi connectivity index (χ4n) is 2.15. The number of aryl methyl sites for hydroxylation is 1. The summed E-state index contributed by atoms with van der Waals surface area (Å²) in [6.45, 7) is 2.81. The summed E-state index contributed by atoms with van der Waals surface area (Å²) in [5.41, 5.74) is 1.09. The van der Waals surface area contributed by atoms with Crippen LogP contribution in [0.15, 0.2) is 30.6 Å². The van der Waals surface area contributed by atoms with E-state index in [0.717, 1.165) is 22.9 Å². The molecule has 0 saturated heterocycles. The number of hydrogen-bond donors (Lipinski definition) is 1. The van der Waals surface area contributed by atoms with E-state index in [1.165, 1.54) is 0 Å².